The van der Waals surface area contributed by atoms with Gasteiger partial charge in [0.1, 0.15) is 17.4 Å². The first-order valence-electron chi connectivity index (χ1n) is 10.1. The van der Waals surface area contributed by atoms with Crippen molar-refractivity contribution in [1.82, 2.24) is 14.8 Å². The summed E-state index contributed by atoms with van der Waals surface area (Å²) in [6.07, 6.45) is 3.99. The third-order valence-corrected chi connectivity index (χ3v) is 6.27. The number of amides is 3. The summed E-state index contributed by atoms with van der Waals surface area (Å²) in [5, 5.41) is 0. The third kappa shape index (κ3) is 3.40. The monoisotopic (exact) mass is 498 g/mol. The van der Waals surface area contributed by atoms with Gasteiger partial charge in [-0.3, -0.25) is 14.7 Å². The van der Waals surface area contributed by atoms with Gasteiger partial charge in [0, 0.05) is 47.9 Å². The SMILES string of the molecule is NC(=O)N1C(c2ccncc2)=CC(=O)N2CCC(OC(=O)c3cc(Br)cc4c3OCC4)C21. The Labute approximate surface area is 191 Å². The van der Waals surface area contributed by atoms with Crippen molar-refractivity contribution in [3.63, 3.8) is 0 Å². The van der Waals surface area contributed by atoms with Crippen molar-refractivity contribution in [1.29, 1.82) is 0 Å². The third-order valence-electron chi connectivity index (χ3n) is 5.81. The smallest absolute Gasteiger partial charge is 0.342 e. The highest BCUT2D eigenvalue weighted by Gasteiger charge is 2.48. The average Bonchev–Trinajstić information content (AvgIpc) is 3.41. The second kappa shape index (κ2) is 7.94. The molecule has 3 amide bonds. The van der Waals surface area contributed by atoms with E-state index in [1.165, 1.54) is 15.9 Å². The number of carbonyl (C=O) groups excluding carboxylic acids is 3. The fraction of sp³-hybridized carbons (Fsp3) is 0.273. The molecule has 10 heteroatoms. The van der Waals surface area contributed by atoms with E-state index in [-0.39, 0.29) is 5.91 Å². The number of primary amides is 1. The lowest BCUT2D eigenvalue weighted by Crippen LogP contribution is -2.57. The van der Waals surface area contributed by atoms with Crippen LogP contribution < -0.4 is 10.5 Å². The number of carbonyl (C=O) groups is 3. The van der Waals surface area contributed by atoms with E-state index < -0.39 is 24.3 Å². The zero-order valence-corrected chi connectivity index (χ0v) is 18.4. The summed E-state index contributed by atoms with van der Waals surface area (Å²) in [4.78, 5) is 45.2. The van der Waals surface area contributed by atoms with Gasteiger partial charge in [0.15, 0.2) is 6.17 Å². The van der Waals surface area contributed by atoms with Gasteiger partial charge in [0.25, 0.3) is 0 Å². The normalized spacial score (nSPS) is 21.5. The van der Waals surface area contributed by atoms with Crippen molar-refractivity contribution in [2.24, 2.45) is 5.73 Å². The largest absolute Gasteiger partial charge is 0.492 e. The molecule has 0 bridgehead atoms. The maximum atomic E-state index is 13.1. The standard InChI is InChI=1S/C22H19BrN4O5/c23-14-9-13-4-8-31-19(13)15(10-14)21(29)32-17-3-7-26-18(28)11-16(12-1-5-25-6-2-12)27(20(17)26)22(24)30/h1-2,5-6,9-11,17,20H,3-4,7-8H2,(H2,24,30). The first-order chi connectivity index (χ1) is 15.4. The minimum Gasteiger partial charge on any atom is -0.492 e. The van der Waals surface area contributed by atoms with Crippen LogP contribution in [-0.4, -0.2) is 58.1 Å². The van der Waals surface area contributed by atoms with Crippen LogP contribution in [0.5, 0.6) is 5.75 Å². The fourth-order valence-electron chi connectivity index (χ4n) is 4.44. The Balaban J connectivity index is 1.47. The van der Waals surface area contributed by atoms with Gasteiger partial charge in [0.05, 0.1) is 12.3 Å². The van der Waals surface area contributed by atoms with E-state index >= 15 is 0 Å². The van der Waals surface area contributed by atoms with Gasteiger partial charge in [-0.2, -0.15) is 0 Å². The molecule has 2 aromatic rings. The first kappa shape index (κ1) is 20.5. The number of pyridine rings is 1. The molecule has 0 aliphatic carbocycles. The molecular formula is C22H19BrN4O5. The van der Waals surface area contributed by atoms with Crippen LogP contribution in [0.2, 0.25) is 0 Å². The molecule has 3 aliphatic rings. The van der Waals surface area contributed by atoms with Crippen molar-refractivity contribution in [3.8, 4) is 5.75 Å². The van der Waals surface area contributed by atoms with Crippen molar-refractivity contribution in [3.05, 3.63) is 63.9 Å². The molecular weight excluding hydrogens is 480 g/mol. The topological polar surface area (TPSA) is 115 Å². The molecule has 164 valence electrons. The number of benzene rings is 1. The molecule has 5 rings (SSSR count). The Hall–Kier alpha value is -3.40. The molecule has 0 saturated carbocycles. The zero-order valence-electron chi connectivity index (χ0n) is 16.9. The highest BCUT2D eigenvalue weighted by atomic mass is 79.9. The van der Waals surface area contributed by atoms with Gasteiger partial charge >= 0.3 is 12.0 Å². The fourth-order valence-corrected chi connectivity index (χ4v) is 4.95. The van der Waals surface area contributed by atoms with Gasteiger partial charge in [-0.1, -0.05) is 15.9 Å². The van der Waals surface area contributed by atoms with E-state index in [1.54, 1.807) is 30.6 Å². The number of halogens is 1. The summed E-state index contributed by atoms with van der Waals surface area (Å²) in [7, 11) is 0. The quantitative estimate of drug-likeness (QED) is 0.649. The summed E-state index contributed by atoms with van der Waals surface area (Å²) in [6, 6.07) is 6.19. The molecule has 2 atom stereocenters. The molecule has 3 aliphatic heterocycles. The first-order valence-corrected chi connectivity index (χ1v) is 10.9. The summed E-state index contributed by atoms with van der Waals surface area (Å²) < 4.78 is 12.2. The predicted octanol–water partition coefficient (Wildman–Crippen LogP) is 2.30. The maximum absolute atomic E-state index is 13.1. The molecule has 9 nitrogen and oxygen atoms in total. The van der Waals surface area contributed by atoms with Gasteiger partial charge in [0.2, 0.25) is 5.91 Å². The number of ether oxygens (including phenoxy) is 2. The van der Waals surface area contributed by atoms with E-state index in [0.29, 0.717) is 48.6 Å². The Kier molecular flexibility index (Phi) is 5.09. The van der Waals surface area contributed by atoms with Gasteiger partial charge < -0.3 is 20.1 Å². The van der Waals surface area contributed by atoms with Crippen LogP contribution in [0, 0.1) is 0 Å². The second-order valence-electron chi connectivity index (χ2n) is 7.69. The van der Waals surface area contributed by atoms with Crippen LogP contribution in [0.1, 0.15) is 27.9 Å². The molecule has 2 unspecified atom stereocenters. The van der Waals surface area contributed by atoms with Crippen LogP contribution >= 0.6 is 15.9 Å². The molecule has 1 saturated heterocycles. The van der Waals surface area contributed by atoms with Crippen molar-refractivity contribution >= 4 is 39.5 Å². The molecule has 1 fully saturated rings. The molecule has 4 heterocycles. The number of esters is 1. The van der Waals surface area contributed by atoms with Crippen LogP contribution in [-0.2, 0) is 16.0 Å². The van der Waals surface area contributed by atoms with Crippen LogP contribution in [0.25, 0.3) is 5.70 Å². The molecule has 1 aromatic heterocycles. The lowest BCUT2D eigenvalue weighted by Gasteiger charge is -2.40. The molecule has 2 N–H and O–H groups in total. The Morgan fingerprint density at radius 3 is 2.78 bits per heavy atom. The number of fused-ring (bicyclic) bond motifs is 2. The zero-order chi connectivity index (χ0) is 22.4. The molecule has 1 aromatic carbocycles. The van der Waals surface area contributed by atoms with E-state index in [2.05, 4.69) is 20.9 Å². The van der Waals surface area contributed by atoms with Crippen molar-refractivity contribution in [2.45, 2.75) is 25.1 Å². The van der Waals surface area contributed by atoms with Gasteiger partial charge in [-0.05, 0) is 29.8 Å². The van der Waals surface area contributed by atoms with E-state index in [4.69, 9.17) is 15.2 Å². The van der Waals surface area contributed by atoms with E-state index in [0.717, 1.165) is 10.0 Å². The second-order valence-corrected chi connectivity index (χ2v) is 8.61. The van der Waals surface area contributed by atoms with E-state index in [9.17, 15) is 14.4 Å². The van der Waals surface area contributed by atoms with Crippen LogP contribution in [0.4, 0.5) is 4.79 Å². The highest BCUT2D eigenvalue weighted by molar-refractivity contribution is 9.10. The number of rotatable bonds is 3. The lowest BCUT2D eigenvalue weighted by molar-refractivity contribution is -0.131. The van der Waals surface area contributed by atoms with Crippen LogP contribution in [0.3, 0.4) is 0 Å². The summed E-state index contributed by atoms with van der Waals surface area (Å²) in [5.41, 5.74) is 7.91. The van der Waals surface area contributed by atoms with E-state index in [1.807, 2.05) is 6.07 Å². The van der Waals surface area contributed by atoms with Crippen molar-refractivity contribution < 1.29 is 23.9 Å². The summed E-state index contributed by atoms with van der Waals surface area (Å²) in [5.74, 6) is -0.338. The number of hydrogen-bond acceptors (Lipinski definition) is 6. The molecule has 0 spiro atoms. The molecule has 0 radical (unpaired) electrons. The van der Waals surface area contributed by atoms with Crippen LogP contribution in [0.15, 0.2) is 47.2 Å². The Morgan fingerprint density at radius 2 is 2.03 bits per heavy atom. The average molecular weight is 499 g/mol. The Morgan fingerprint density at radius 1 is 1.25 bits per heavy atom. The minimum atomic E-state index is -0.835. The van der Waals surface area contributed by atoms with Crippen molar-refractivity contribution in [2.75, 3.05) is 13.2 Å². The number of nitrogens with two attached hydrogens (primary N) is 1. The molecule has 32 heavy (non-hydrogen) atoms. The summed E-state index contributed by atoms with van der Waals surface area (Å²) >= 11 is 3.42. The number of hydrogen-bond donors (Lipinski definition) is 1. The van der Waals surface area contributed by atoms with Gasteiger partial charge in [-0.15, -0.1) is 0 Å². The summed E-state index contributed by atoms with van der Waals surface area (Å²) in [6.45, 7) is 0.828. The maximum Gasteiger partial charge on any atom is 0.342 e. The number of urea groups is 1. The number of aromatic nitrogens is 1. The lowest BCUT2D eigenvalue weighted by atomic mass is 10.1. The minimum absolute atomic E-state index is 0.274. The predicted molar refractivity (Wildman–Crippen MR) is 116 cm³/mol. The van der Waals surface area contributed by atoms with Gasteiger partial charge in [-0.25, -0.2) is 9.59 Å². The Bertz CT molecular complexity index is 1150. The number of nitrogens with zero attached hydrogens (tertiary/aromatic N) is 3. The highest BCUT2D eigenvalue weighted by Crippen LogP contribution is 2.37.